The van der Waals surface area contributed by atoms with Gasteiger partial charge in [0.2, 0.25) is 0 Å². The van der Waals surface area contributed by atoms with E-state index in [1.165, 1.54) is 16.1 Å². The number of hydrogen-bond donors (Lipinski definition) is 1. The van der Waals surface area contributed by atoms with Crippen LogP contribution in [0.25, 0.3) is 0 Å². The van der Waals surface area contributed by atoms with Crippen LogP contribution in [-0.4, -0.2) is 12.6 Å². The van der Waals surface area contributed by atoms with Crippen molar-refractivity contribution in [2.24, 2.45) is 5.92 Å². The van der Waals surface area contributed by atoms with Gasteiger partial charge in [0.05, 0.1) is 6.54 Å². The van der Waals surface area contributed by atoms with Crippen LogP contribution < -0.4 is 10.2 Å². The van der Waals surface area contributed by atoms with Crippen molar-refractivity contribution >= 4 is 17.0 Å². The van der Waals surface area contributed by atoms with Crippen molar-refractivity contribution in [3.05, 3.63) is 52.2 Å². The molecule has 0 fully saturated rings. The van der Waals surface area contributed by atoms with Gasteiger partial charge < -0.3 is 10.2 Å². The molecule has 1 N–H and O–H groups in total. The van der Waals surface area contributed by atoms with Crippen molar-refractivity contribution in [2.75, 3.05) is 11.4 Å². The zero-order valence-corrected chi connectivity index (χ0v) is 13.0. The molecule has 1 unspecified atom stereocenters. The molecule has 20 heavy (non-hydrogen) atoms. The zero-order chi connectivity index (χ0) is 13.9. The number of benzene rings is 1. The lowest BCUT2D eigenvalue weighted by molar-refractivity contribution is 0.403. The van der Waals surface area contributed by atoms with Gasteiger partial charge >= 0.3 is 0 Å². The number of fused-ring (bicyclic) bond motifs is 1. The van der Waals surface area contributed by atoms with E-state index in [1.807, 2.05) is 11.3 Å². The van der Waals surface area contributed by atoms with Crippen LogP contribution in [0.2, 0.25) is 0 Å². The highest BCUT2D eigenvalue weighted by atomic mass is 32.1. The van der Waals surface area contributed by atoms with Gasteiger partial charge in [-0.2, -0.15) is 0 Å². The van der Waals surface area contributed by atoms with Crippen LogP contribution in [0.3, 0.4) is 0 Å². The highest BCUT2D eigenvalue weighted by Gasteiger charge is 2.23. The molecule has 0 radical (unpaired) electrons. The van der Waals surface area contributed by atoms with E-state index in [1.54, 1.807) is 0 Å². The Morgan fingerprint density at radius 1 is 1.25 bits per heavy atom. The summed E-state index contributed by atoms with van der Waals surface area (Å²) < 4.78 is 0. The molecule has 1 aromatic carbocycles. The van der Waals surface area contributed by atoms with E-state index in [4.69, 9.17) is 0 Å². The molecular weight excluding hydrogens is 264 g/mol. The summed E-state index contributed by atoms with van der Waals surface area (Å²) in [5.41, 5.74) is 2.80. The normalized spacial score (nSPS) is 18.9. The molecule has 2 aromatic rings. The number of nitrogens with one attached hydrogen (secondary N) is 1. The molecule has 106 valence electrons. The molecule has 0 spiro atoms. The topological polar surface area (TPSA) is 15.3 Å². The van der Waals surface area contributed by atoms with Crippen LogP contribution >= 0.6 is 11.3 Å². The maximum atomic E-state index is 3.71. The lowest BCUT2D eigenvalue weighted by atomic mass is 10.0. The van der Waals surface area contributed by atoms with E-state index in [2.05, 4.69) is 65.8 Å². The number of hydrogen-bond acceptors (Lipinski definition) is 3. The molecule has 2 nitrogen and oxygen atoms in total. The lowest BCUT2D eigenvalue weighted by Gasteiger charge is -2.29. The summed E-state index contributed by atoms with van der Waals surface area (Å²) in [6, 6.07) is 13.7. The second kappa shape index (κ2) is 5.98. The number of thiophene rings is 1. The van der Waals surface area contributed by atoms with Crippen molar-refractivity contribution in [1.82, 2.24) is 5.32 Å². The van der Waals surface area contributed by atoms with E-state index < -0.39 is 0 Å². The Balaban J connectivity index is 1.90. The van der Waals surface area contributed by atoms with Gasteiger partial charge in [-0.15, -0.1) is 11.3 Å². The van der Waals surface area contributed by atoms with Gasteiger partial charge in [0.15, 0.2) is 0 Å². The van der Waals surface area contributed by atoms with Crippen LogP contribution in [0.1, 0.15) is 24.3 Å². The van der Waals surface area contributed by atoms with E-state index in [-0.39, 0.29) is 0 Å². The standard InChI is InChI=1S/C17H22N2S/c1-13(2)16-12-19(11-15-7-5-9-20-15)17-8-4-3-6-14(17)10-18-16/h3-9,13,16,18H,10-12H2,1-2H3. The summed E-state index contributed by atoms with van der Waals surface area (Å²) in [6.07, 6.45) is 0. The van der Waals surface area contributed by atoms with Gasteiger partial charge in [-0.1, -0.05) is 38.1 Å². The molecule has 1 aliphatic rings. The van der Waals surface area contributed by atoms with Gasteiger partial charge in [0.1, 0.15) is 0 Å². The summed E-state index contributed by atoms with van der Waals surface area (Å²) in [7, 11) is 0. The lowest BCUT2D eigenvalue weighted by Crippen LogP contribution is -2.41. The Bertz CT molecular complexity index is 548. The SMILES string of the molecule is CC(C)C1CN(Cc2cccs2)c2ccccc2CN1. The summed E-state index contributed by atoms with van der Waals surface area (Å²) in [5.74, 6) is 0.648. The van der Waals surface area contributed by atoms with Crippen LogP contribution in [-0.2, 0) is 13.1 Å². The third kappa shape index (κ3) is 2.89. The molecule has 1 atom stereocenters. The monoisotopic (exact) mass is 286 g/mol. The van der Waals surface area contributed by atoms with Crippen molar-refractivity contribution in [3.8, 4) is 0 Å². The number of para-hydroxylation sites is 1. The zero-order valence-electron chi connectivity index (χ0n) is 12.2. The number of nitrogens with zero attached hydrogens (tertiary/aromatic N) is 1. The summed E-state index contributed by atoms with van der Waals surface area (Å²) >= 11 is 1.85. The van der Waals surface area contributed by atoms with Gasteiger partial charge in [-0.05, 0) is 29.0 Å². The first-order valence-electron chi connectivity index (χ1n) is 7.32. The quantitative estimate of drug-likeness (QED) is 0.921. The van der Waals surface area contributed by atoms with Crippen LogP contribution in [0.5, 0.6) is 0 Å². The first kappa shape index (κ1) is 13.7. The first-order valence-corrected chi connectivity index (χ1v) is 8.20. The molecule has 0 bridgehead atoms. The Hall–Kier alpha value is -1.32. The summed E-state index contributed by atoms with van der Waals surface area (Å²) in [5, 5.41) is 5.87. The fraction of sp³-hybridized carbons (Fsp3) is 0.412. The summed E-state index contributed by atoms with van der Waals surface area (Å²) in [6.45, 7) is 7.67. The molecule has 0 amide bonds. The molecule has 0 saturated carbocycles. The Labute approximate surface area is 125 Å². The molecule has 3 heteroatoms. The highest BCUT2D eigenvalue weighted by Crippen LogP contribution is 2.27. The smallest absolute Gasteiger partial charge is 0.0523 e. The average molecular weight is 286 g/mol. The molecule has 2 heterocycles. The maximum absolute atomic E-state index is 3.71. The van der Waals surface area contributed by atoms with E-state index in [0.29, 0.717) is 12.0 Å². The van der Waals surface area contributed by atoms with E-state index >= 15 is 0 Å². The Morgan fingerprint density at radius 2 is 2.10 bits per heavy atom. The first-order chi connectivity index (χ1) is 9.74. The predicted molar refractivity (Wildman–Crippen MR) is 87.3 cm³/mol. The van der Waals surface area contributed by atoms with E-state index in [0.717, 1.165) is 19.6 Å². The molecule has 0 saturated heterocycles. The second-order valence-electron chi connectivity index (χ2n) is 5.82. The van der Waals surface area contributed by atoms with Crippen molar-refractivity contribution in [1.29, 1.82) is 0 Å². The second-order valence-corrected chi connectivity index (χ2v) is 6.85. The summed E-state index contributed by atoms with van der Waals surface area (Å²) in [4.78, 5) is 3.97. The fourth-order valence-electron chi connectivity index (χ4n) is 2.80. The largest absolute Gasteiger partial charge is 0.365 e. The Kier molecular flexibility index (Phi) is 4.08. The fourth-order valence-corrected chi connectivity index (χ4v) is 3.52. The molecule has 3 rings (SSSR count). The third-order valence-electron chi connectivity index (χ3n) is 4.04. The average Bonchev–Trinajstić information content (AvgIpc) is 2.88. The predicted octanol–water partition coefficient (Wildman–Crippen LogP) is 3.88. The van der Waals surface area contributed by atoms with Gasteiger partial charge in [0.25, 0.3) is 0 Å². The van der Waals surface area contributed by atoms with Crippen molar-refractivity contribution in [2.45, 2.75) is 33.0 Å². The minimum atomic E-state index is 0.544. The van der Waals surface area contributed by atoms with Gasteiger partial charge in [0, 0.05) is 29.7 Å². The highest BCUT2D eigenvalue weighted by molar-refractivity contribution is 7.09. The van der Waals surface area contributed by atoms with Gasteiger partial charge in [-0.25, -0.2) is 0 Å². The molecule has 1 aromatic heterocycles. The van der Waals surface area contributed by atoms with Crippen molar-refractivity contribution < 1.29 is 0 Å². The number of rotatable bonds is 3. The maximum Gasteiger partial charge on any atom is 0.0523 e. The Morgan fingerprint density at radius 3 is 2.85 bits per heavy atom. The molecular formula is C17H22N2S. The van der Waals surface area contributed by atoms with Crippen LogP contribution in [0.4, 0.5) is 5.69 Å². The van der Waals surface area contributed by atoms with E-state index in [9.17, 15) is 0 Å². The van der Waals surface area contributed by atoms with Crippen LogP contribution in [0.15, 0.2) is 41.8 Å². The molecule has 0 aliphatic carbocycles. The molecule has 1 aliphatic heterocycles. The number of anilines is 1. The van der Waals surface area contributed by atoms with Crippen molar-refractivity contribution in [3.63, 3.8) is 0 Å². The van der Waals surface area contributed by atoms with Gasteiger partial charge in [-0.3, -0.25) is 0 Å². The minimum Gasteiger partial charge on any atom is -0.365 e. The minimum absolute atomic E-state index is 0.544. The third-order valence-corrected chi connectivity index (χ3v) is 4.90. The van der Waals surface area contributed by atoms with Crippen LogP contribution in [0, 0.1) is 5.92 Å².